The molecule has 0 saturated carbocycles. The van der Waals surface area contributed by atoms with E-state index in [9.17, 15) is 39.6 Å². The summed E-state index contributed by atoms with van der Waals surface area (Å²) in [5, 5.41) is 3.75. The molecule has 0 saturated heterocycles. The van der Waals surface area contributed by atoms with Crippen LogP contribution in [0.4, 0.5) is 42.5 Å². The van der Waals surface area contributed by atoms with Crippen molar-refractivity contribution < 1.29 is 43.7 Å². The first-order valence-electron chi connectivity index (χ1n) is 7.24. The van der Waals surface area contributed by atoms with Crippen LogP contribution in [-0.4, -0.2) is 20.0 Å². The molecular formula is C15H9ClF6N2O4S. The third kappa shape index (κ3) is 5.90. The van der Waals surface area contributed by atoms with E-state index in [1.807, 2.05) is 0 Å². The molecule has 29 heavy (non-hydrogen) atoms. The quantitative estimate of drug-likeness (QED) is 0.370. The van der Waals surface area contributed by atoms with E-state index in [0.717, 1.165) is 36.4 Å². The maximum atomic E-state index is 12.8. The van der Waals surface area contributed by atoms with Crippen molar-refractivity contribution in [2.75, 3.05) is 10.6 Å². The van der Waals surface area contributed by atoms with Crippen molar-refractivity contribution in [2.24, 2.45) is 0 Å². The van der Waals surface area contributed by atoms with Gasteiger partial charge in [0.25, 0.3) is 0 Å². The molecule has 2 aromatic carbocycles. The molecule has 0 unspecified atom stereocenters. The van der Waals surface area contributed by atoms with Crippen molar-refractivity contribution in [1.29, 1.82) is 0 Å². The summed E-state index contributed by atoms with van der Waals surface area (Å²) < 4.78 is 101. The highest BCUT2D eigenvalue weighted by Gasteiger charge is 2.48. The number of amides is 2. The zero-order chi connectivity index (χ0) is 22.0. The van der Waals surface area contributed by atoms with Crippen LogP contribution in [0.25, 0.3) is 0 Å². The molecule has 2 amide bonds. The fraction of sp³-hybridized carbons (Fsp3) is 0.133. The van der Waals surface area contributed by atoms with Gasteiger partial charge in [0.2, 0.25) is 0 Å². The third-order valence-corrected chi connectivity index (χ3v) is 4.44. The molecule has 0 aromatic heterocycles. The Bertz CT molecular complexity index is 1010. The fourth-order valence-corrected chi connectivity index (χ4v) is 2.57. The number of carbonyl (C=O) groups is 1. The van der Waals surface area contributed by atoms with E-state index >= 15 is 0 Å². The molecule has 0 spiro atoms. The van der Waals surface area contributed by atoms with Crippen LogP contribution in [0.1, 0.15) is 5.56 Å². The van der Waals surface area contributed by atoms with Crippen LogP contribution in [0.15, 0.2) is 42.5 Å². The summed E-state index contributed by atoms with van der Waals surface area (Å²) in [7, 11) is -5.85. The molecule has 0 atom stereocenters. The van der Waals surface area contributed by atoms with E-state index in [2.05, 4.69) is 14.8 Å². The summed E-state index contributed by atoms with van der Waals surface area (Å²) in [5.74, 6) is -0.666. The summed E-state index contributed by atoms with van der Waals surface area (Å²) in [6, 6.07) is 5.40. The van der Waals surface area contributed by atoms with Gasteiger partial charge >= 0.3 is 27.8 Å². The highest BCUT2D eigenvalue weighted by molar-refractivity contribution is 7.88. The molecular weight excluding hydrogens is 454 g/mol. The standard InChI is InChI=1S/C15H9ClF6N2O4S/c16-12-6-3-9(7-11(12)14(17,18)19)24-13(25)23-8-1-4-10(5-2-8)28-29(26,27)15(20,21)22/h1-7H,(H2,23,24,25). The first-order chi connectivity index (χ1) is 13.2. The monoisotopic (exact) mass is 462 g/mol. The second-order valence-corrected chi connectivity index (χ2v) is 7.22. The SMILES string of the molecule is O=C(Nc1ccc(OS(=O)(=O)C(F)(F)F)cc1)Nc1ccc(Cl)c(C(F)(F)F)c1. The number of urea groups is 1. The molecule has 0 aliphatic heterocycles. The largest absolute Gasteiger partial charge is 0.534 e. The zero-order valence-corrected chi connectivity index (χ0v) is 15.3. The zero-order valence-electron chi connectivity index (χ0n) is 13.7. The predicted molar refractivity (Wildman–Crippen MR) is 91.1 cm³/mol. The lowest BCUT2D eigenvalue weighted by Crippen LogP contribution is -2.28. The van der Waals surface area contributed by atoms with E-state index in [0.29, 0.717) is 6.07 Å². The molecule has 2 aromatic rings. The summed E-state index contributed by atoms with van der Waals surface area (Å²) in [4.78, 5) is 11.9. The van der Waals surface area contributed by atoms with Gasteiger partial charge in [-0.3, -0.25) is 0 Å². The number of hydrogen-bond acceptors (Lipinski definition) is 4. The van der Waals surface area contributed by atoms with Gasteiger partial charge in [0.15, 0.2) is 0 Å². The molecule has 158 valence electrons. The van der Waals surface area contributed by atoms with E-state index in [4.69, 9.17) is 11.6 Å². The molecule has 2 rings (SSSR count). The Hall–Kier alpha value is -2.67. The van der Waals surface area contributed by atoms with Crippen molar-refractivity contribution in [3.05, 3.63) is 53.1 Å². The normalized spacial score (nSPS) is 12.4. The maximum Gasteiger partial charge on any atom is 0.534 e. The summed E-state index contributed by atoms with van der Waals surface area (Å²) in [6.45, 7) is 0. The minimum Gasteiger partial charge on any atom is -0.376 e. The summed E-state index contributed by atoms with van der Waals surface area (Å²) >= 11 is 5.46. The summed E-state index contributed by atoms with van der Waals surface area (Å²) in [5.41, 5.74) is -7.01. The van der Waals surface area contributed by atoms with Crippen LogP contribution in [0, 0.1) is 0 Å². The number of carbonyl (C=O) groups excluding carboxylic acids is 1. The van der Waals surface area contributed by atoms with Crippen molar-refractivity contribution in [3.63, 3.8) is 0 Å². The van der Waals surface area contributed by atoms with E-state index in [-0.39, 0.29) is 11.4 Å². The Morgan fingerprint density at radius 2 is 1.41 bits per heavy atom. The lowest BCUT2D eigenvalue weighted by atomic mass is 10.2. The number of rotatable bonds is 4. The average Bonchev–Trinajstić information content (AvgIpc) is 2.56. The molecule has 0 aliphatic rings. The first kappa shape index (κ1) is 22.6. The van der Waals surface area contributed by atoms with Gasteiger partial charge in [-0.1, -0.05) is 11.6 Å². The van der Waals surface area contributed by atoms with Crippen LogP contribution in [0.5, 0.6) is 5.75 Å². The van der Waals surface area contributed by atoms with Gasteiger partial charge in [-0.2, -0.15) is 34.8 Å². The highest BCUT2D eigenvalue weighted by atomic mass is 35.5. The Balaban J connectivity index is 2.05. The summed E-state index contributed by atoms with van der Waals surface area (Å²) in [6.07, 6.45) is -4.74. The maximum absolute atomic E-state index is 12.8. The number of hydrogen-bond donors (Lipinski definition) is 2. The minimum absolute atomic E-state index is 0.00994. The van der Waals surface area contributed by atoms with Crippen LogP contribution in [0.3, 0.4) is 0 Å². The molecule has 0 fully saturated rings. The molecule has 2 N–H and O–H groups in total. The van der Waals surface area contributed by atoms with E-state index in [1.165, 1.54) is 0 Å². The Morgan fingerprint density at radius 1 is 0.897 bits per heavy atom. The van der Waals surface area contributed by atoms with Crippen molar-refractivity contribution >= 4 is 39.1 Å². The Kier molecular flexibility index (Phi) is 6.23. The van der Waals surface area contributed by atoms with Crippen LogP contribution in [0.2, 0.25) is 5.02 Å². The topological polar surface area (TPSA) is 84.5 Å². The van der Waals surface area contributed by atoms with Crippen LogP contribution >= 0.6 is 11.6 Å². The molecule has 14 heteroatoms. The molecule has 0 heterocycles. The number of nitrogens with one attached hydrogen (secondary N) is 2. The lowest BCUT2D eigenvalue weighted by Gasteiger charge is -2.13. The van der Waals surface area contributed by atoms with E-state index < -0.39 is 44.2 Å². The second-order valence-electron chi connectivity index (χ2n) is 5.28. The van der Waals surface area contributed by atoms with Gasteiger partial charge < -0.3 is 14.8 Å². The highest BCUT2D eigenvalue weighted by Crippen LogP contribution is 2.36. The number of anilines is 2. The van der Waals surface area contributed by atoms with Gasteiger partial charge in [-0.25, -0.2) is 4.79 Å². The predicted octanol–water partition coefficient (Wildman–Crippen LogP) is 5.23. The Morgan fingerprint density at radius 3 is 1.93 bits per heavy atom. The number of halogens is 7. The lowest BCUT2D eigenvalue weighted by molar-refractivity contribution is -0.137. The van der Waals surface area contributed by atoms with Gasteiger partial charge in [-0.05, 0) is 42.5 Å². The third-order valence-electron chi connectivity index (χ3n) is 3.13. The van der Waals surface area contributed by atoms with E-state index in [1.54, 1.807) is 0 Å². The second kappa shape index (κ2) is 7.99. The average molecular weight is 463 g/mol. The Labute approximate surface area is 164 Å². The van der Waals surface area contributed by atoms with Gasteiger partial charge in [0.1, 0.15) is 5.75 Å². The molecule has 0 aliphatic carbocycles. The van der Waals surface area contributed by atoms with Gasteiger partial charge in [0.05, 0.1) is 10.6 Å². The number of benzene rings is 2. The van der Waals surface area contributed by atoms with Crippen molar-refractivity contribution in [2.45, 2.75) is 11.7 Å². The van der Waals surface area contributed by atoms with Crippen LogP contribution in [-0.2, 0) is 16.3 Å². The van der Waals surface area contributed by atoms with Crippen molar-refractivity contribution in [3.8, 4) is 5.75 Å². The van der Waals surface area contributed by atoms with Gasteiger partial charge in [0, 0.05) is 11.4 Å². The van der Waals surface area contributed by atoms with Crippen molar-refractivity contribution in [1.82, 2.24) is 0 Å². The fourth-order valence-electron chi connectivity index (χ4n) is 1.88. The smallest absolute Gasteiger partial charge is 0.376 e. The number of alkyl halides is 6. The first-order valence-corrected chi connectivity index (χ1v) is 9.03. The molecule has 0 radical (unpaired) electrons. The molecule has 0 bridgehead atoms. The molecule has 6 nitrogen and oxygen atoms in total. The van der Waals surface area contributed by atoms with Crippen LogP contribution < -0.4 is 14.8 Å². The minimum atomic E-state index is -5.85. The van der Waals surface area contributed by atoms with Gasteiger partial charge in [-0.15, -0.1) is 0 Å².